The summed E-state index contributed by atoms with van der Waals surface area (Å²) in [7, 11) is 0. The third-order valence-corrected chi connectivity index (χ3v) is 0.566. The standard InChI is InChI=1S/C4H10O2.Ag/c5-3-1-2-4-6;/h5-6H,1-4H2;. The Kier molecular flexibility index (Phi) is 14.9. The summed E-state index contributed by atoms with van der Waals surface area (Å²) in [5, 5.41) is 16.2. The van der Waals surface area contributed by atoms with E-state index >= 15 is 0 Å². The molecule has 0 spiro atoms. The van der Waals surface area contributed by atoms with Crippen LogP contribution in [0.3, 0.4) is 0 Å². The molecule has 0 aliphatic heterocycles. The van der Waals surface area contributed by atoms with Gasteiger partial charge >= 0.3 is 0 Å². The molecule has 0 aromatic rings. The Morgan fingerprint density at radius 2 is 1.14 bits per heavy atom. The van der Waals surface area contributed by atoms with Crippen LogP contribution in [0.5, 0.6) is 0 Å². The smallest absolute Gasteiger partial charge is 0.0431 e. The van der Waals surface area contributed by atoms with Gasteiger partial charge in [0.1, 0.15) is 0 Å². The van der Waals surface area contributed by atoms with Gasteiger partial charge in [-0.1, -0.05) is 0 Å². The monoisotopic (exact) mass is 197 g/mol. The Labute approximate surface area is 59.1 Å². The number of hydrogen-bond acceptors (Lipinski definition) is 2. The van der Waals surface area contributed by atoms with Crippen molar-refractivity contribution in [1.82, 2.24) is 0 Å². The van der Waals surface area contributed by atoms with Gasteiger partial charge < -0.3 is 10.2 Å². The van der Waals surface area contributed by atoms with Crippen molar-refractivity contribution < 1.29 is 32.6 Å². The van der Waals surface area contributed by atoms with E-state index in [4.69, 9.17) is 10.2 Å². The second-order valence-electron chi connectivity index (χ2n) is 1.15. The van der Waals surface area contributed by atoms with Gasteiger partial charge in [0.25, 0.3) is 0 Å². The molecule has 0 saturated carbocycles. The molecule has 0 amide bonds. The minimum absolute atomic E-state index is 0. The zero-order valence-electron chi connectivity index (χ0n) is 4.02. The second-order valence-corrected chi connectivity index (χ2v) is 1.15. The van der Waals surface area contributed by atoms with E-state index in [-0.39, 0.29) is 35.6 Å². The molecule has 49 valence electrons. The molecule has 0 heterocycles. The molecule has 2 N–H and O–H groups in total. The van der Waals surface area contributed by atoms with Gasteiger partial charge in [0.15, 0.2) is 0 Å². The summed E-state index contributed by atoms with van der Waals surface area (Å²) in [5.41, 5.74) is 0. The molecular formula is C4H10AgO2. The summed E-state index contributed by atoms with van der Waals surface area (Å²) >= 11 is 0. The summed E-state index contributed by atoms with van der Waals surface area (Å²) in [4.78, 5) is 0. The van der Waals surface area contributed by atoms with Crippen LogP contribution in [-0.2, 0) is 22.4 Å². The largest absolute Gasteiger partial charge is 0.396 e. The fourth-order valence-electron chi connectivity index (χ4n) is 0.224. The van der Waals surface area contributed by atoms with Gasteiger partial charge in [-0.2, -0.15) is 0 Å². The first-order valence-corrected chi connectivity index (χ1v) is 2.13. The average molecular weight is 198 g/mol. The van der Waals surface area contributed by atoms with E-state index in [0.717, 1.165) is 12.8 Å². The first-order valence-electron chi connectivity index (χ1n) is 2.13. The van der Waals surface area contributed by atoms with Gasteiger partial charge in [-0.3, -0.25) is 0 Å². The van der Waals surface area contributed by atoms with Crippen molar-refractivity contribution in [2.45, 2.75) is 12.8 Å². The quantitative estimate of drug-likeness (QED) is 0.484. The van der Waals surface area contributed by atoms with Crippen molar-refractivity contribution in [3.05, 3.63) is 0 Å². The van der Waals surface area contributed by atoms with E-state index in [1.165, 1.54) is 0 Å². The van der Waals surface area contributed by atoms with E-state index in [2.05, 4.69) is 0 Å². The zero-order valence-corrected chi connectivity index (χ0v) is 5.51. The average Bonchev–Trinajstić information content (AvgIpc) is 1.61. The minimum Gasteiger partial charge on any atom is -0.396 e. The Morgan fingerprint density at radius 1 is 0.857 bits per heavy atom. The van der Waals surface area contributed by atoms with Gasteiger partial charge in [-0.15, -0.1) is 0 Å². The van der Waals surface area contributed by atoms with Crippen molar-refractivity contribution in [2.75, 3.05) is 13.2 Å². The number of aliphatic hydroxyl groups is 2. The van der Waals surface area contributed by atoms with E-state index in [9.17, 15) is 0 Å². The van der Waals surface area contributed by atoms with Gasteiger partial charge in [-0.25, -0.2) is 0 Å². The maximum Gasteiger partial charge on any atom is 0.0431 e. The molecule has 0 aromatic carbocycles. The third-order valence-electron chi connectivity index (χ3n) is 0.566. The maximum atomic E-state index is 8.09. The predicted octanol–water partition coefficient (Wildman–Crippen LogP) is -0.251. The van der Waals surface area contributed by atoms with E-state index in [0.29, 0.717) is 0 Å². The summed E-state index contributed by atoms with van der Waals surface area (Å²) in [5.74, 6) is 0. The van der Waals surface area contributed by atoms with Crippen molar-refractivity contribution in [2.24, 2.45) is 0 Å². The summed E-state index contributed by atoms with van der Waals surface area (Å²) in [6.45, 7) is 0.390. The molecule has 0 bridgehead atoms. The fraction of sp³-hybridized carbons (Fsp3) is 1.00. The van der Waals surface area contributed by atoms with Gasteiger partial charge in [0, 0.05) is 35.6 Å². The number of rotatable bonds is 3. The maximum absolute atomic E-state index is 8.09. The van der Waals surface area contributed by atoms with Gasteiger partial charge in [0.2, 0.25) is 0 Å². The van der Waals surface area contributed by atoms with Crippen LogP contribution in [0.1, 0.15) is 12.8 Å². The van der Waals surface area contributed by atoms with Gasteiger partial charge in [0.05, 0.1) is 0 Å². The Hall–Kier alpha value is 0.660. The Bertz CT molecular complexity index is 21.7. The van der Waals surface area contributed by atoms with Gasteiger partial charge in [-0.05, 0) is 12.8 Å². The molecule has 0 fully saturated rings. The summed E-state index contributed by atoms with van der Waals surface area (Å²) < 4.78 is 0. The summed E-state index contributed by atoms with van der Waals surface area (Å²) in [6.07, 6.45) is 1.44. The molecule has 0 rings (SSSR count). The van der Waals surface area contributed by atoms with Crippen LogP contribution >= 0.6 is 0 Å². The van der Waals surface area contributed by atoms with Crippen molar-refractivity contribution in [1.29, 1.82) is 0 Å². The number of unbranched alkanes of at least 4 members (excludes halogenated alkanes) is 1. The molecule has 0 atom stereocenters. The van der Waals surface area contributed by atoms with Crippen LogP contribution in [0.25, 0.3) is 0 Å². The number of aliphatic hydroxyl groups excluding tert-OH is 2. The molecule has 0 aliphatic carbocycles. The van der Waals surface area contributed by atoms with E-state index in [1.54, 1.807) is 0 Å². The van der Waals surface area contributed by atoms with Crippen LogP contribution in [0.4, 0.5) is 0 Å². The Balaban J connectivity index is 0. The molecule has 1 radical (unpaired) electrons. The number of hydrogen-bond donors (Lipinski definition) is 2. The van der Waals surface area contributed by atoms with Crippen LogP contribution in [0.2, 0.25) is 0 Å². The Morgan fingerprint density at radius 3 is 1.29 bits per heavy atom. The fourth-order valence-corrected chi connectivity index (χ4v) is 0.224. The van der Waals surface area contributed by atoms with E-state index < -0.39 is 0 Å². The predicted molar refractivity (Wildman–Crippen MR) is 23.4 cm³/mol. The first kappa shape index (κ1) is 10.6. The van der Waals surface area contributed by atoms with E-state index in [1.807, 2.05) is 0 Å². The first-order chi connectivity index (χ1) is 2.91. The molecule has 7 heavy (non-hydrogen) atoms. The van der Waals surface area contributed by atoms with Crippen LogP contribution in [0, 0.1) is 0 Å². The molecule has 0 unspecified atom stereocenters. The molecule has 0 aliphatic rings. The van der Waals surface area contributed by atoms with Crippen LogP contribution in [-0.4, -0.2) is 23.4 Å². The molecule has 2 nitrogen and oxygen atoms in total. The van der Waals surface area contributed by atoms with Crippen LogP contribution in [0.15, 0.2) is 0 Å². The molecule has 0 aromatic heterocycles. The molecule has 0 saturated heterocycles. The van der Waals surface area contributed by atoms with Crippen molar-refractivity contribution >= 4 is 0 Å². The SMILES string of the molecule is OCCCCO.[Ag]. The second kappa shape index (κ2) is 9.83. The van der Waals surface area contributed by atoms with Crippen molar-refractivity contribution in [3.8, 4) is 0 Å². The molecular weight excluding hydrogens is 188 g/mol. The zero-order chi connectivity index (χ0) is 4.83. The topological polar surface area (TPSA) is 40.5 Å². The summed E-state index contributed by atoms with van der Waals surface area (Å²) in [6, 6.07) is 0. The van der Waals surface area contributed by atoms with Crippen LogP contribution < -0.4 is 0 Å². The molecule has 3 heteroatoms. The third kappa shape index (κ3) is 10.8. The minimum atomic E-state index is 0. The normalized spacial score (nSPS) is 7.71. The van der Waals surface area contributed by atoms with Crippen molar-refractivity contribution in [3.63, 3.8) is 0 Å².